The van der Waals surface area contributed by atoms with Crippen LogP contribution in [0.3, 0.4) is 0 Å². The summed E-state index contributed by atoms with van der Waals surface area (Å²) in [5.74, 6) is -1.77. The van der Waals surface area contributed by atoms with Crippen LogP contribution in [0, 0.1) is 17.2 Å². The van der Waals surface area contributed by atoms with Crippen LogP contribution >= 0.6 is 0 Å². The fourth-order valence-electron chi connectivity index (χ4n) is 2.35. The SMILES string of the molecule is CC(C)C[C@H](NC(=O)OCc1ccccc1)C(=O)N[C@H](CCC#N)C(=O)O. The second-order valence-corrected chi connectivity index (χ2v) is 6.48. The molecular formula is C19H25N3O5. The van der Waals surface area contributed by atoms with Gasteiger partial charge in [-0.1, -0.05) is 44.2 Å². The predicted molar refractivity (Wildman–Crippen MR) is 97.4 cm³/mol. The van der Waals surface area contributed by atoms with E-state index in [9.17, 15) is 14.4 Å². The Morgan fingerprint density at radius 3 is 2.37 bits per heavy atom. The van der Waals surface area contributed by atoms with Crippen LogP contribution in [-0.4, -0.2) is 35.2 Å². The molecule has 2 atom stereocenters. The number of rotatable bonds is 10. The van der Waals surface area contributed by atoms with Crippen molar-refractivity contribution in [3.63, 3.8) is 0 Å². The first-order valence-corrected chi connectivity index (χ1v) is 8.70. The van der Waals surface area contributed by atoms with E-state index in [1.165, 1.54) is 0 Å². The monoisotopic (exact) mass is 375 g/mol. The Kier molecular flexibility index (Phi) is 9.37. The van der Waals surface area contributed by atoms with Crippen molar-refractivity contribution >= 4 is 18.0 Å². The number of amides is 2. The van der Waals surface area contributed by atoms with Crippen molar-refractivity contribution in [2.45, 2.75) is 51.8 Å². The number of hydrogen-bond acceptors (Lipinski definition) is 5. The third kappa shape index (κ3) is 8.72. The summed E-state index contributed by atoms with van der Waals surface area (Å²) in [4.78, 5) is 35.7. The normalized spacial score (nSPS) is 12.5. The van der Waals surface area contributed by atoms with Gasteiger partial charge in [0.25, 0.3) is 0 Å². The molecule has 0 spiro atoms. The van der Waals surface area contributed by atoms with Crippen LogP contribution in [0.4, 0.5) is 4.79 Å². The molecule has 0 heterocycles. The molecule has 1 rings (SSSR count). The van der Waals surface area contributed by atoms with Gasteiger partial charge in [-0.3, -0.25) is 4.79 Å². The minimum atomic E-state index is -1.23. The zero-order chi connectivity index (χ0) is 20.2. The van der Waals surface area contributed by atoms with Crippen LogP contribution in [0.1, 0.15) is 38.7 Å². The summed E-state index contributed by atoms with van der Waals surface area (Å²) >= 11 is 0. The van der Waals surface area contributed by atoms with Crippen LogP contribution < -0.4 is 10.6 Å². The topological polar surface area (TPSA) is 129 Å². The van der Waals surface area contributed by atoms with Gasteiger partial charge in [-0.15, -0.1) is 0 Å². The number of nitrogens with one attached hydrogen (secondary N) is 2. The van der Waals surface area contributed by atoms with Crippen LogP contribution in [0.5, 0.6) is 0 Å². The van der Waals surface area contributed by atoms with Crippen LogP contribution in [-0.2, 0) is 20.9 Å². The third-order valence-corrected chi connectivity index (χ3v) is 3.69. The van der Waals surface area contributed by atoms with Gasteiger partial charge in [-0.25, -0.2) is 9.59 Å². The van der Waals surface area contributed by atoms with E-state index in [4.69, 9.17) is 15.1 Å². The summed E-state index contributed by atoms with van der Waals surface area (Å²) in [5.41, 5.74) is 0.806. The van der Waals surface area contributed by atoms with Gasteiger partial charge >= 0.3 is 12.1 Å². The second kappa shape index (κ2) is 11.5. The highest BCUT2D eigenvalue weighted by Gasteiger charge is 2.27. The van der Waals surface area contributed by atoms with E-state index in [1.54, 1.807) is 12.1 Å². The van der Waals surface area contributed by atoms with Crippen LogP contribution in [0.15, 0.2) is 30.3 Å². The molecule has 1 aromatic rings. The van der Waals surface area contributed by atoms with Crippen molar-refractivity contribution in [2.75, 3.05) is 0 Å². The van der Waals surface area contributed by atoms with Crippen LogP contribution in [0.2, 0.25) is 0 Å². The van der Waals surface area contributed by atoms with Gasteiger partial charge in [0, 0.05) is 6.42 Å². The molecule has 0 aliphatic rings. The number of benzene rings is 1. The molecule has 0 bridgehead atoms. The van der Waals surface area contributed by atoms with Crippen LogP contribution in [0.25, 0.3) is 0 Å². The van der Waals surface area contributed by atoms with Crippen molar-refractivity contribution in [3.05, 3.63) is 35.9 Å². The highest BCUT2D eigenvalue weighted by Crippen LogP contribution is 2.08. The Balaban J connectivity index is 2.67. The predicted octanol–water partition coefficient (Wildman–Crippen LogP) is 2.20. The molecule has 27 heavy (non-hydrogen) atoms. The maximum absolute atomic E-state index is 12.4. The average Bonchev–Trinajstić information content (AvgIpc) is 2.63. The first-order valence-electron chi connectivity index (χ1n) is 8.70. The molecule has 146 valence electrons. The molecule has 0 radical (unpaired) electrons. The summed E-state index contributed by atoms with van der Waals surface area (Å²) in [6.07, 6.45) is -0.455. The minimum Gasteiger partial charge on any atom is -0.480 e. The largest absolute Gasteiger partial charge is 0.480 e. The summed E-state index contributed by atoms with van der Waals surface area (Å²) in [7, 11) is 0. The lowest BCUT2D eigenvalue weighted by atomic mass is 10.0. The first kappa shape index (κ1) is 22.0. The summed E-state index contributed by atoms with van der Waals surface area (Å²) < 4.78 is 5.12. The highest BCUT2D eigenvalue weighted by molar-refractivity contribution is 5.89. The fourth-order valence-corrected chi connectivity index (χ4v) is 2.35. The van der Waals surface area contributed by atoms with Crippen molar-refractivity contribution in [2.24, 2.45) is 5.92 Å². The average molecular weight is 375 g/mol. The molecule has 0 aliphatic heterocycles. The molecule has 1 aromatic carbocycles. The third-order valence-electron chi connectivity index (χ3n) is 3.69. The number of ether oxygens (including phenoxy) is 1. The Labute approximate surface area is 158 Å². The highest BCUT2D eigenvalue weighted by atomic mass is 16.5. The minimum absolute atomic E-state index is 0.00135. The number of carboxylic acid groups (broad SMARTS) is 1. The zero-order valence-corrected chi connectivity index (χ0v) is 15.5. The van der Waals surface area contributed by atoms with Gasteiger partial charge in [-0.05, 0) is 24.3 Å². The van der Waals surface area contributed by atoms with Crippen molar-refractivity contribution in [1.82, 2.24) is 10.6 Å². The van der Waals surface area contributed by atoms with E-state index >= 15 is 0 Å². The molecule has 3 N–H and O–H groups in total. The molecule has 8 heteroatoms. The lowest BCUT2D eigenvalue weighted by Gasteiger charge is -2.22. The van der Waals surface area contributed by atoms with Crippen molar-refractivity contribution < 1.29 is 24.2 Å². The van der Waals surface area contributed by atoms with E-state index in [0.29, 0.717) is 6.42 Å². The molecule has 0 unspecified atom stereocenters. The molecule has 0 fully saturated rings. The number of nitriles is 1. The fraction of sp³-hybridized carbons (Fsp3) is 0.474. The standard InChI is InChI=1S/C19H25N3O5/c1-13(2)11-16(17(23)21-15(18(24)25)9-6-10-20)22-19(26)27-12-14-7-4-3-5-8-14/h3-5,7-8,13,15-16H,6,9,11-12H2,1-2H3,(H,21,23)(H,22,26)(H,24,25)/t15-,16+/m1/s1. The van der Waals surface area contributed by atoms with Gasteiger partial charge in [0.2, 0.25) is 5.91 Å². The van der Waals surface area contributed by atoms with E-state index in [-0.39, 0.29) is 25.4 Å². The lowest BCUT2D eigenvalue weighted by Crippen LogP contribution is -2.52. The van der Waals surface area contributed by atoms with Crippen molar-refractivity contribution in [1.29, 1.82) is 5.26 Å². The number of nitrogens with zero attached hydrogens (tertiary/aromatic N) is 1. The number of alkyl carbamates (subject to hydrolysis) is 1. The van der Waals surface area contributed by atoms with Gasteiger partial charge in [-0.2, -0.15) is 5.26 Å². The Bertz CT molecular complexity index is 670. The number of carboxylic acids is 1. The molecule has 2 amide bonds. The molecule has 8 nitrogen and oxygen atoms in total. The molecular weight excluding hydrogens is 350 g/mol. The van der Waals surface area contributed by atoms with Gasteiger partial charge in [0.1, 0.15) is 18.7 Å². The quantitative estimate of drug-likeness (QED) is 0.575. The smallest absolute Gasteiger partial charge is 0.408 e. The molecule has 0 saturated heterocycles. The Hall–Kier alpha value is -3.08. The number of aliphatic carboxylic acids is 1. The first-order chi connectivity index (χ1) is 12.8. The van der Waals surface area contributed by atoms with E-state index < -0.39 is 30.1 Å². The van der Waals surface area contributed by atoms with E-state index in [0.717, 1.165) is 5.56 Å². The van der Waals surface area contributed by atoms with Crippen molar-refractivity contribution in [3.8, 4) is 6.07 Å². The number of hydrogen-bond donors (Lipinski definition) is 3. The van der Waals surface area contributed by atoms with Gasteiger partial charge in [0.15, 0.2) is 0 Å². The Morgan fingerprint density at radius 2 is 1.81 bits per heavy atom. The molecule has 0 aliphatic carbocycles. The lowest BCUT2D eigenvalue weighted by molar-refractivity contribution is -0.142. The molecule has 0 aromatic heterocycles. The Morgan fingerprint density at radius 1 is 1.15 bits per heavy atom. The van der Waals surface area contributed by atoms with Gasteiger partial charge in [0.05, 0.1) is 6.07 Å². The van der Waals surface area contributed by atoms with Gasteiger partial charge < -0.3 is 20.5 Å². The number of carbonyl (C=O) groups is 3. The van der Waals surface area contributed by atoms with E-state index in [2.05, 4.69) is 10.6 Å². The molecule has 0 saturated carbocycles. The maximum atomic E-state index is 12.4. The van der Waals surface area contributed by atoms with E-state index in [1.807, 2.05) is 38.1 Å². The second-order valence-electron chi connectivity index (χ2n) is 6.48. The summed E-state index contributed by atoms with van der Waals surface area (Å²) in [5, 5.41) is 22.6. The summed E-state index contributed by atoms with van der Waals surface area (Å²) in [6, 6.07) is 8.82. The summed E-state index contributed by atoms with van der Waals surface area (Å²) in [6.45, 7) is 3.81. The zero-order valence-electron chi connectivity index (χ0n) is 15.5. The number of carbonyl (C=O) groups excluding carboxylic acids is 2. The maximum Gasteiger partial charge on any atom is 0.408 e.